The van der Waals surface area contributed by atoms with E-state index in [9.17, 15) is 14.4 Å². The Morgan fingerprint density at radius 1 is 1.04 bits per heavy atom. The summed E-state index contributed by atoms with van der Waals surface area (Å²) in [5, 5.41) is 2.89. The number of carbonyl (C=O) groups excluding carboxylic acids is 3. The van der Waals surface area contributed by atoms with Gasteiger partial charge in [-0.2, -0.15) is 0 Å². The Hall–Kier alpha value is -2.80. The first-order chi connectivity index (χ1) is 13.5. The van der Waals surface area contributed by atoms with Gasteiger partial charge in [0.2, 0.25) is 0 Å². The fourth-order valence-corrected chi connectivity index (χ4v) is 3.51. The van der Waals surface area contributed by atoms with E-state index in [0.29, 0.717) is 31.7 Å². The number of nitrogens with one attached hydrogen (secondary N) is 1. The summed E-state index contributed by atoms with van der Waals surface area (Å²) in [7, 11) is 0. The summed E-state index contributed by atoms with van der Waals surface area (Å²) in [4.78, 5) is 40.8. The molecule has 1 N–H and O–H groups in total. The van der Waals surface area contributed by atoms with Crippen molar-refractivity contribution in [1.82, 2.24) is 9.80 Å². The molecule has 28 heavy (non-hydrogen) atoms. The van der Waals surface area contributed by atoms with Crippen molar-refractivity contribution in [2.75, 3.05) is 31.2 Å². The summed E-state index contributed by atoms with van der Waals surface area (Å²) in [6.45, 7) is 3.84. The van der Waals surface area contributed by atoms with Crippen LogP contribution in [0.5, 0.6) is 0 Å². The third-order valence-corrected chi connectivity index (χ3v) is 5.42. The van der Waals surface area contributed by atoms with E-state index < -0.39 is 11.8 Å². The van der Waals surface area contributed by atoms with Crippen LogP contribution in [0.15, 0.2) is 53.4 Å². The molecular formula is C21H23N3O3S. The summed E-state index contributed by atoms with van der Waals surface area (Å²) >= 11 is 1.62. The zero-order valence-electron chi connectivity index (χ0n) is 16.0. The maximum absolute atomic E-state index is 12.4. The highest BCUT2D eigenvalue weighted by Crippen LogP contribution is 2.20. The topological polar surface area (TPSA) is 69.7 Å². The lowest BCUT2D eigenvalue weighted by Gasteiger charge is -2.33. The van der Waals surface area contributed by atoms with Gasteiger partial charge in [-0.15, -0.1) is 11.8 Å². The summed E-state index contributed by atoms with van der Waals surface area (Å²) < 4.78 is 0. The van der Waals surface area contributed by atoms with Crippen LogP contribution in [-0.4, -0.2) is 53.4 Å². The maximum Gasteiger partial charge on any atom is 0.312 e. The van der Waals surface area contributed by atoms with E-state index in [1.165, 1.54) is 0 Å². The normalized spacial score (nSPS) is 14.4. The van der Waals surface area contributed by atoms with Crippen LogP contribution in [0.3, 0.4) is 0 Å². The SMILES string of the molecule is CCN1CCN(Cc2ccc(C(=O)Nc3cccc(SC)c3)cc2)C(=O)C1=O. The lowest BCUT2D eigenvalue weighted by atomic mass is 10.1. The van der Waals surface area contributed by atoms with Crippen molar-refractivity contribution in [2.45, 2.75) is 18.4 Å². The summed E-state index contributed by atoms with van der Waals surface area (Å²) in [6.07, 6.45) is 1.99. The van der Waals surface area contributed by atoms with Crippen LogP contribution in [-0.2, 0) is 16.1 Å². The molecule has 1 aliphatic heterocycles. The molecule has 2 aromatic rings. The van der Waals surface area contributed by atoms with Gasteiger partial charge in [0.25, 0.3) is 5.91 Å². The largest absolute Gasteiger partial charge is 0.333 e. The molecule has 3 amide bonds. The quantitative estimate of drug-likeness (QED) is 0.601. The molecule has 7 heteroatoms. The van der Waals surface area contributed by atoms with Gasteiger partial charge in [-0.3, -0.25) is 14.4 Å². The molecule has 0 saturated carbocycles. The number of amides is 3. The minimum Gasteiger partial charge on any atom is -0.333 e. The number of hydrogen-bond acceptors (Lipinski definition) is 4. The number of hydrogen-bond donors (Lipinski definition) is 1. The standard InChI is InChI=1S/C21H23N3O3S/c1-3-23-11-12-24(21(27)20(23)26)14-15-7-9-16(10-8-15)19(25)22-17-5-4-6-18(13-17)28-2/h4-10,13H,3,11-12,14H2,1-2H3,(H,22,25). The van der Waals surface area contributed by atoms with Crippen molar-refractivity contribution in [3.63, 3.8) is 0 Å². The molecule has 0 unspecified atom stereocenters. The highest BCUT2D eigenvalue weighted by Gasteiger charge is 2.31. The van der Waals surface area contributed by atoms with E-state index in [0.717, 1.165) is 16.1 Å². The number of piperazine rings is 1. The van der Waals surface area contributed by atoms with Crippen molar-refractivity contribution in [1.29, 1.82) is 0 Å². The van der Waals surface area contributed by atoms with Crippen molar-refractivity contribution in [3.8, 4) is 0 Å². The molecule has 0 aliphatic carbocycles. The Bertz CT molecular complexity index is 883. The monoisotopic (exact) mass is 397 g/mol. The van der Waals surface area contributed by atoms with E-state index in [-0.39, 0.29) is 5.91 Å². The fraction of sp³-hybridized carbons (Fsp3) is 0.286. The smallest absolute Gasteiger partial charge is 0.312 e. The van der Waals surface area contributed by atoms with Gasteiger partial charge in [0.05, 0.1) is 0 Å². The molecule has 0 atom stereocenters. The van der Waals surface area contributed by atoms with Gasteiger partial charge in [-0.25, -0.2) is 0 Å². The number of benzene rings is 2. The van der Waals surface area contributed by atoms with Crippen molar-refractivity contribution < 1.29 is 14.4 Å². The number of rotatable bonds is 6. The molecule has 1 fully saturated rings. The van der Waals surface area contributed by atoms with Gasteiger partial charge in [0.1, 0.15) is 0 Å². The van der Waals surface area contributed by atoms with Gasteiger partial charge in [-0.1, -0.05) is 18.2 Å². The molecule has 1 aliphatic rings. The summed E-state index contributed by atoms with van der Waals surface area (Å²) in [6, 6.07) is 14.8. The van der Waals surface area contributed by atoms with Crippen LogP contribution in [0.25, 0.3) is 0 Å². The molecule has 3 rings (SSSR count). The molecule has 0 aromatic heterocycles. The first kappa shape index (κ1) is 19.9. The first-order valence-electron chi connectivity index (χ1n) is 9.14. The van der Waals surface area contributed by atoms with Crippen molar-refractivity contribution in [2.24, 2.45) is 0 Å². The third kappa shape index (κ3) is 4.54. The van der Waals surface area contributed by atoms with Gasteiger partial charge in [0.15, 0.2) is 0 Å². The maximum atomic E-state index is 12.4. The highest BCUT2D eigenvalue weighted by molar-refractivity contribution is 7.98. The zero-order chi connectivity index (χ0) is 20.1. The Balaban J connectivity index is 1.62. The molecule has 2 aromatic carbocycles. The van der Waals surface area contributed by atoms with E-state index in [1.54, 1.807) is 33.7 Å². The molecule has 0 radical (unpaired) electrons. The predicted octanol–water partition coefficient (Wildman–Crippen LogP) is 2.85. The average molecular weight is 398 g/mol. The van der Waals surface area contributed by atoms with Crippen LogP contribution in [0.2, 0.25) is 0 Å². The Morgan fingerprint density at radius 2 is 1.71 bits per heavy atom. The highest BCUT2D eigenvalue weighted by atomic mass is 32.2. The van der Waals surface area contributed by atoms with Crippen LogP contribution >= 0.6 is 11.8 Å². The zero-order valence-corrected chi connectivity index (χ0v) is 16.8. The third-order valence-electron chi connectivity index (χ3n) is 4.70. The Morgan fingerprint density at radius 3 is 2.39 bits per heavy atom. The van der Waals surface area contributed by atoms with Gasteiger partial charge >= 0.3 is 11.8 Å². The minimum atomic E-state index is -0.469. The van der Waals surface area contributed by atoms with Crippen LogP contribution in [0.1, 0.15) is 22.8 Å². The fourth-order valence-electron chi connectivity index (χ4n) is 3.05. The second kappa shape index (κ2) is 8.93. The lowest BCUT2D eigenvalue weighted by Crippen LogP contribution is -2.53. The van der Waals surface area contributed by atoms with E-state index >= 15 is 0 Å². The van der Waals surface area contributed by atoms with Crippen LogP contribution in [0.4, 0.5) is 5.69 Å². The second-order valence-corrected chi connectivity index (χ2v) is 7.37. The molecule has 6 nitrogen and oxygen atoms in total. The average Bonchev–Trinajstić information content (AvgIpc) is 2.72. The van der Waals surface area contributed by atoms with Gasteiger partial charge in [-0.05, 0) is 49.1 Å². The number of carbonyl (C=O) groups is 3. The second-order valence-electron chi connectivity index (χ2n) is 6.49. The molecule has 1 heterocycles. The van der Waals surface area contributed by atoms with Gasteiger partial charge < -0.3 is 15.1 Å². The summed E-state index contributed by atoms with van der Waals surface area (Å²) in [5.74, 6) is -1.10. The van der Waals surface area contributed by atoms with Crippen molar-refractivity contribution >= 4 is 35.2 Å². The minimum absolute atomic E-state index is 0.187. The lowest BCUT2D eigenvalue weighted by molar-refractivity contribution is -0.156. The van der Waals surface area contributed by atoms with Crippen molar-refractivity contribution in [3.05, 3.63) is 59.7 Å². The number of nitrogens with zero attached hydrogens (tertiary/aromatic N) is 2. The molecule has 0 spiro atoms. The van der Waals surface area contributed by atoms with Crippen LogP contribution in [0, 0.1) is 0 Å². The Kier molecular flexibility index (Phi) is 6.36. The molecule has 1 saturated heterocycles. The molecule has 0 bridgehead atoms. The number of anilines is 1. The van der Waals surface area contributed by atoms with E-state index in [4.69, 9.17) is 0 Å². The first-order valence-corrected chi connectivity index (χ1v) is 10.4. The molecular weight excluding hydrogens is 374 g/mol. The Labute approximate surface area is 168 Å². The summed E-state index contributed by atoms with van der Waals surface area (Å²) in [5.41, 5.74) is 2.17. The van der Waals surface area contributed by atoms with E-state index in [1.807, 2.05) is 49.6 Å². The van der Waals surface area contributed by atoms with Crippen LogP contribution < -0.4 is 5.32 Å². The molecule has 146 valence electrons. The number of likely N-dealkylation sites (N-methyl/N-ethyl adjacent to an activating group) is 1. The predicted molar refractivity (Wildman–Crippen MR) is 110 cm³/mol. The van der Waals surface area contributed by atoms with Gasteiger partial charge in [0, 0.05) is 42.3 Å². The van der Waals surface area contributed by atoms with E-state index in [2.05, 4.69) is 5.32 Å². The number of thioether (sulfide) groups is 1.